The Kier molecular flexibility index (Phi) is 13.9. The van der Waals surface area contributed by atoms with Crippen molar-refractivity contribution in [3.05, 3.63) is 60.4 Å². The Morgan fingerprint density at radius 3 is 2.32 bits per heavy atom. The molecule has 2 aliphatic rings. The van der Waals surface area contributed by atoms with E-state index in [2.05, 4.69) is 37.1 Å². The Balaban J connectivity index is 0.00000127. The normalized spacial score (nSPS) is 15.9. The van der Waals surface area contributed by atoms with Gasteiger partial charge < -0.3 is 24.0 Å². The summed E-state index contributed by atoms with van der Waals surface area (Å²) >= 11 is 0. The van der Waals surface area contributed by atoms with E-state index in [0.29, 0.717) is 12.5 Å². The Morgan fingerprint density at radius 2 is 1.78 bits per heavy atom. The van der Waals surface area contributed by atoms with Crippen molar-refractivity contribution in [2.75, 3.05) is 39.9 Å². The maximum atomic E-state index is 12.3. The molecule has 0 aromatic heterocycles. The first kappa shape index (κ1) is 32.1. The first-order chi connectivity index (χ1) is 17.6. The van der Waals surface area contributed by atoms with Gasteiger partial charge in [-0.15, -0.1) is 6.58 Å². The van der Waals surface area contributed by atoms with E-state index in [-0.39, 0.29) is 6.09 Å². The molecule has 1 fully saturated rings. The Bertz CT molecular complexity index is 893. The largest absolute Gasteiger partial charge is 0.497 e. The van der Waals surface area contributed by atoms with Crippen LogP contribution in [-0.2, 0) is 9.47 Å². The van der Waals surface area contributed by atoms with Gasteiger partial charge in [-0.1, -0.05) is 32.6 Å². The molecule has 0 N–H and O–H groups in total. The minimum absolute atomic E-state index is 0.196. The molecule has 0 bridgehead atoms. The zero-order valence-corrected chi connectivity index (χ0v) is 24.6. The fourth-order valence-corrected chi connectivity index (χ4v) is 4.34. The van der Waals surface area contributed by atoms with Gasteiger partial charge in [0.1, 0.15) is 23.7 Å². The lowest BCUT2D eigenvalue weighted by Crippen LogP contribution is -2.42. The third-order valence-electron chi connectivity index (χ3n) is 6.13. The molecule has 208 valence electrons. The summed E-state index contributed by atoms with van der Waals surface area (Å²) < 4.78 is 16.9. The van der Waals surface area contributed by atoms with Crippen LogP contribution in [0.25, 0.3) is 5.70 Å². The van der Waals surface area contributed by atoms with Crippen LogP contribution in [0.15, 0.2) is 49.3 Å². The molecule has 0 unspecified atom stereocenters. The summed E-state index contributed by atoms with van der Waals surface area (Å²) in [4.78, 5) is 16.6. The molecule has 6 heteroatoms. The van der Waals surface area contributed by atoms with Crippen molar-refractivity contribution in [2.24, 2.45) is 5.92 Å². The number of benzene rings is 1. The average molecular weight is 515 g/mol. The van der Waals surface area contributed by atoms with Crippen molar-refractivity contribution >= 4 is 11.8 Å². The van der Waals surface area contributed by atoms with E-state index >= 15 is 0 Å². The molecule has 0 radical (unpaired) electrons. The molecule has 1 amide bonds. The molecule has 0 aliphatic carbocycles. The van der Waals surface area contributed by atoms with Crippen molar-refractivity contribution < 1.29 is 19.0 Å². The Hall–Kier alpha value is -2.89. The quantitative estimate of drug-likeness (QED) is 0.369. The predicted molar refractivity (Wildman–Crippen MR) is 155 cm³/mol. The molecular formula is C31H50N2O4. The lowest BCUT2D eigenvalue weighted by atomic mass is 9.93. The van der Waals surface area contributed by atoms with Crippen LogP contribution in [0.2, 0.25) is 0 Å². The van der Waals surface area contributed by atoms with Gasteiger partial charge in [0.2, 0.25) is 0 Å². The van der Waals surface area contributed by atoms with Crippen LogP contribution in [-0.4, -0.2) is 61.4 Å². The summed E-state index contributed by atoms with van der Waals surface area (Å²) in [5.74, 6) is 2.25. The van der Waals surface area contributed by atoms with Crippen LogP contribution in [0.1, 0.15) is 71.9 Å². The maximum Gasteiger partial charge on any atom is 0.410 e. The van der Waals surface area contributed by atoms with Gasteiger partial charge in [0.25, 0.3) is 0 Å². The summed E-state index contributed by atoms with van der Waals surface area (Å²) in [6.07, 6.45) is 6.46. The number of nitrogens with zero attached hydrogens (tertiary/aromatic N) is 2. The second kappa shape index (κ2) is 16.1. The fraction of sp³-hybridized carbons (Fsp3) is 0.581. The van der Waals surface area contributed by atoms with Gasteiger partial charge in [-0.3, -0.25) is 0 Å². The highest BCUT2D eigenvalue weighted by molar-refractivity contribution is 5.72. The summed E-state index contributed by atoms with van der Waals surface area (Å²) in [7, 11) is 1.69. The molecule has 0 saturated carbocycles. The number of methoxy groups -OCH3 is 1. The van der Waals surface area contributed by atoms with Crippen LogP contribution < -0.4 is 4.74 Å². The Labute approximate surface area is 226 Å². The van der Waals surface area contributed by atoms with Crippen molar-refractivity contribution in [3.8, 4) is 5.75 Å². The molecule has 6 nitrogen and oxygen atoms in total. The van der Waals surface area contributed by atoms with Crippen LogP contribution >= 0.6 is 0 Å². The van der Waals surface area contributed by atoms with E-state index in [4.69, 9.17) is 14.2 Å². The van der Waals surface area contributed by atoms with Gasteiger partial charge in [0.05, 0.1) is 19.4 Å². The number of aryl methyl sites for hydroxylation is 1. The average Bonchev–Trinajstić information content (AvgIpc) is 2.88. The van der Waals surface area contributed by atoms with Crippen molar-refractivity contribution in [1.82, 2.24) is 9.80 Å². The molecule has 1 aromatic rings. The number of hydrogen-bond donors (Lipinski definition) is 0. The SMILES string of the molecule is C=CC.C=CC1=C(c2cc(OC)ccc2C)N(CCC2CCN(C(=O)OC(C)(C)C)CC2)CCO1.CC. The number of carbonyl (C=O) groups excluding carboxylic acids is 1. The highest BCUT2D eigenvalue weighted by Gasteiger charge is 2.28. The summed E-state index contributed by atoms with van der Waals surface area (Å²) in [6, 6.07) is 6.15. The summed E-state index contributed by atoms with van der Waals surface area (Å²) in [5, 5.41) is 0. The molecule has 1 aromatic carbocycles. The number of amides is 1. The molecule has 2 heterocycles. The number of carbonyl (C=O) groups is 1. The Morgan fingerprint density at radius 1 is 1.16 bits per heavy atom. The predicted octanol–water partition coefficient (Wildman–Crippen LogP) is 7.45. The second-order valence-corrected chi connectivity index (χ2v) is 10.0. The monoisotopic (exact) mass is 514 g/mol. The van der Waals surface area contributed by atoms with Gasteiger partial charge >= 0.3 is 6.09 Å². The van der Waals surface area contributed by atoms with Gasteiger partial charge in [0.15, 0.2) is 0 Å². The number of allylic oxidation sites excluding steroid dienone is 2. The van der Waals surface area contributed by atoms with E-state index in [1.54, 1.807) is 19.3 Å². The number of ether oxygens (including phenoxy) is 3. The van der Waals surface area contributed by atoms with Gasteiger partial charge in [0, 0.05) is 25.2 Å². The highest BCUT2D eigenvalue weighted by atomic mass is 16.6. The van der Waals surface area contributed by atoms with Crippen LogP contribution in [0, 0.1) is 12.8 Å². The molecule has 3 rings (SSSR count). The number of hydrogen-bond acceptors (Lipinski definition) is 5. The van der Waals surface area contributed by atoms with Gasteiger partial charge in [-0.2, -0.15) is 0 Å². The lowest BCUT2D eigenvalue weighted by Gasteiger charge is -2.37. The van der Waals surface area contributed by atoms with Crippen molar-refractivity contribution in [2.45, 2.75) is 73.3 Å². The molecular weight excluding hydrogens is 464 g/mol. The highest BCUT2D eigenvalue weighted by Crippen LogP contribution is 2.33. The fourth-order valence-electron chi connectivity index (χ4n) is 4.34. The molecule has 1 saturated heterocycles. The standard InChI is InChI=1S/C26H38N2O4.C3H6.C2H6/c1-7-23-24(22-18-21(30-6)9-8-19(22)2)27(16-17-31-23)13-10-20-11-14-28(15-12-20)25(29)32-26(3,4)5;1-3-2;1-2/h7-9,18,20H,1,10-17H2,2-6H3;3H,1H2,2H3;1-2H3. The number of likely N-dealkylation sites (tertiary alicyclic amines) is 1. The van der Waals surface area contributed by atoms with E-state index < -0.39 is 5.60 Å². The van der Waals surface area contributed by atoms with Crippen LogP contribution in [0.4, 0.5) is 4.79 Å². The van der Waals surface area contributed by atoms with Gasteiger partial charge in [-0.05, 0) is 83.6 Å². The topological polar surface area (TPSA) is 51.2 Å². The van der Waals surface area contributed by atoms with Crippen LogP contribution in [0.5, 0.6) is 5.75 Å². The van der Waals surface area contributed by atoms with E-state index in [0.717, 1.165) is 68.2 Å². The first-order valence-corrected chi connectivity index (χ1v) is 13.6. The molecule has 37 heavy (non-hydrogen) atoms. The second-order valence-electron chi connectivity index (χ2n) is 10.0. The smallest absolute Gasteiger partial charge is 0.410 e. The van der Waals surface area contributed by atoms with Crippen molar-refractivity contribution in [3.63, 3.8) is 0 Å². The number of piperidine rings is 1. The van der Waals surface area contributed by atoms with E-state index in [1.807, 2.05) is 52.5 Å². The van der Waals surface area contributed by atoms with Gasteiger partial charge in [-0.25, -0.2) is 4.79 Å². The third-order valence-corrected chi connectivity index (χ3v) is 6.13. The zero-order chi connectivity index (χ0) is 28.0. The zero-order valence-electron chi connectivity index (χ0n) is 24.6. The minimum Gasteiger partial charge on any atom is -0.497 e. The maximum absolute atomic E-state index is 12.3. The van der Waals surface area contributed by atoms with Crippen molar-refractivity contribution in [1.29, 1.82) is 0 Å². The van der Waals surface area contributed by atoms with Crippen LogP contribution in [0.3, 0.4) is 0 Å². The van der Waals surface area contributed by atoms with E-state index in [1.165, 1.54) is 5.56 Å². The lowest BCUT2D eigenvalue weighted by molar-refractivity contribution is 0.0178. The molecule has 0 spiro atoms. The minimum atomic E-state index is -0.450. The molecule has 0 atom stereocenters. The summed E-state index contributed by atoms with van der Waals surface area (Å²) in [6.45, 7) is 25.0. The number of rotatable bonds is 6. The van der Waals surface area contributed by atoms with E-state index in [9.17, 15) is 4.79 Å². The first-order valence-electron chi connectivity index (χ1n) is 13.6. The molecule has 2 aliphatic heterocycles. The third kappa shape index (κ3) is 10.2. The summed E-state index contributed by atoms with van der Waals surface area (Å²) in [5.41, 5.74) is 2.95.